The fourth-order valence-corrected chi connectivity index (χ4v) is 5.17. The van der Waals surface area contributed by atoms with E-state index in [1.165, 1.54) is 32.1 Å². The van der Waals surface area contributed by atoms with Crippen LogP contribution in [0, 0.1) is 11.8 Å². The molecular weight excluding hydrogens is 444 g/mol. The molecule has 1 aromatic rings. The Balaban J connectivity index is 1.90. The van der Waals surface area contributed by atoms with Crippen LogP contribution in [0.4, 0.5) is 10.5 Å². The number of likely N-dealkylation sites (N-methyl/N-ethyl adjacent to an activating group) is 1. The number of anilines is 1. The second-order valence-corrected chi connectivity index (χ2v) is 10.8. The number of rotatable bonds is 8. The molecule has 1 fully saturated rings. The van der Waals surface area contributed by atoms with E-state index in [-0.39, 0.29) is 42.7 Å². The van der Waals surface area contributed by atoms with Crippen molar-refractivity contribution < 1.29 is 19.4 Å². The number of nitrogens with one attached hydrogen (secondary N) is 2. The number of ether oxygens (including phenoxy) is 1. The summed E-state index contributed by atoms with van der Waals surface area (Å²) in [5.41, 5.74) is 0.874. The van der Waals surface area contributed by atoms with E-state index < -0.39 is 0 Å². The zero-order valence-corrected chi connectivity index (χ0v) is 22.0. The molecule has 0 unspecified atom stereocenters. The fourth-order valence-electron chi connectivity index (χ4n) is 5.17. The monoisotopic (exact) mass is 488 g/mol. The number of amides is 3. The summed E-state index contributed by atoms with van der Waals surface area (Å²) >= 11 is 0. The number of para-hydroxylation sites is 1. The second kappa shape index (κ2) is 12.6. The number of nitrogens with zero attached hydrogens (tertiary/aromatic N) is 2. The first-order valence-corrected chi connectivity index (χ1v) is 13.2. The van der Waals surface area contributed by atoms with Crippen molar-refractivity contribution in [3.8, 4) is 5.75 Å². The van der Waals surface area contributed by atoms with Crippen molar-refractivity contribution in [3.05, 3.63) is 23.8 Å². The van der Waals surface area contributed by atoms with Gasteiger partial charge in [0.2, 0.25) is 0 Å². The molecule has 3 atom stereocenters. The van der Waals surface area contributed by atoms with E-state index in [1.807, 2.05) is 20.8 Å². The molecule has 196 valence electrons. The minimum absolute atomic E-state index is 0.0230. The number of benzene rings is 1. The third-order valence-electron chi connectivity index (χ3n) is 7.15. The van der Waals surface area contributed by atoms with E-state index in [4.69, 9.17) is 4.74 Å². The highest BCUT2D eigenvalue weighted by molar-refractivity contribution is 6.01. The van der Waals surface area contributed by atoms with Crippen LogP contribution in [0.2, 0.25) is 0 Å². The quantitative estimate of drug-likeness (QED) is 0.515. The van der Waals surface area contributed by atoms with Crippen LogP contribution >= 0.6 is 0 Å². The van der Waals surface area contributed by atoms with Gasteiger partial charge in [-0.15, -0.1) is 0 Å². The number of carbonyl (C=O) groups is 2. The van der Waals surface area contributed by atoms with Gasteiger partial charge in [-0.25, -0.2) is 4.79 Å². The zero-order valence-electron chi connectivity index (χ0n) is 22.0. The molecular formula is C27H44N4O4. The van der Waals surface area contributed by atoms with Crippen molar-refractivity contribution >= 4 is 17.6 Å². The summed E-state index contributed by atoms with van der Waals surface area (Å²) in [5.74, 6) is 0.950. The molecule has 1 aliphatic heterocycles. The van der Waals surface area contributed by atoms with Crippen molar-refractivity contribution in [1.82, 2.24) is 15.1 Å². The molecule has 3 rings (SSSR count). The van der Waals surface area contributed by atoms with Crippen LogP contribution in [0.25, 0.3) is 0 Å². The van der Waals surface area contributed by atoms with Crippen LogP contribution in [0.15, 0.2) is 18.2 Å². The van der Waals surface area contributed by atoms with Gasteiger partial charge in [-0.3, -0.25) is 4.79 Å². The number of aliphatic hydroxyl groups is 1. The van der Waals surface area contributed by atoms with E-state index in [2.05, 4.69) is 29.5 Å². The lowest BCUT2D eigenvalue weighted by Gasteiger charge is -2.39. The molecule has 1 aromatic carbocycles. The van der Waals surface area contributed by atoms with E-state index in [0.717, 1.165) is 13.1 Å². The van der Waals surface area contributed by atoms with Gasteiger partial charge in [-0.1, -0.05) is 32.3 Å². The summed E-state index contributed by atoms with van der Waals surface area (Å²) in [5, 5.41) is 15.6. The minimum atomic E-state index is -0.342. The van der Waals surface area contributed by atoms with E-state index in [0.29, 0.717) is 29.5 Å². The molecule has 0 saturated heterocycles. The second-order valence-electron chi connectivity index (χ2n) is 10.8. The van der Waals surface area contributed by atoms with Crippen LogP contribution in [0.1, 0.15) is 70.2 Å². The van der Waals surface area contributed by atoms with Gasteiger partial charge >= 0.3 is 6.03 Å². The predicted molar refractivity (Wildman–Crippen MR) is 139 cm³/mol. The number of fused-ring (bicyclic) bond motifs is 1. The number of carbonyl (C=O) groups excluding carboxylic acids is 2. The van der Waals surface area contributed by atoms with Crippen molar-refractivity contribution in [2.75, 3.05) is 38.6 Å². The average Bonchev–Trinajstić information content (AvgIpc) is 2.81. The van der Waals surface area contributed by atoms with Gasteiger partial charge in [0.25, 0.3) is 5.91 Å². The van der Waals surface area contributed by atoms with Crippen LogP contribution < -0.4 is 15.4 Å². The molecule has 0 bridgehead atoms. The minimum Gasteiger partial charge on any atom is -0.486 e. The van der Waals surface area contributed by atoms with Gasteiger partial charge in [0.15, 0.2) is 5.75 Å². The summed E-state index contributed by atoms with van der Waals surface area (Å²) in [7, 11) is 2.14. The lowest BCUT2D eigenvalue weighted by atomic mass is 9.89. The number of aliphatic hydroxyl groups excluding tert-OH is 1. The molecule has 3 amide bonds. The number of hydrogen-bond donors (Lipinski definition) is 3. The highest BCUT2D eigenvalue weighted by atomic mass is 16.5. The molecule has 3 N–H and O–H groups in total. The predicted octanol–water partition coefficient (Wildman–Crippen LogP) is 3.95. The Morgan fingerprint density at radius 3 is 2.57 bits per heavy atom. The van der Waals surface area contributed by atoms with Crippen LogP contribution in [-0.4, -0.2) is 78.3 Å². The first-order valence-electron chi connectivity index (χ1n) is 13.2. The molecule has 1 aliphatic carbocycles. The third kappa shape index (κ3) is 7.34. The Hall–Kier alpha value is -2.32. The largest absolute Gasteiger partial charge is 0.486 e. The van der Waals surface area contributed by atoms with Crippen molar-refractivity contribution in [3.63, 3.8) is 0 Å². The van der Waals surface area contributed by atoms with Gasteiger partial charge in [0.05, 0.1) is 23.9 Å². The Labute approximate surface area is 210 Å². The highest BCUT2D eigenvalue weighted by Crippen LogP contribution is 2.35. The van der Waals surface area contributed by atoms with Gasteiger partial charge in [-0.2, -0.15) is 0 Å². The van der Waals surface area contributed by atoms with Crippen molar-refractivity contribution in [1.29, 1.82) is 0 Å². The third-order valence-corrected chi connectivity index (χ3v) is 7.15. The van der Waals surface area contributed by atoms with Crippen molar-refractivity contribution in [2.24, 2.45) is 11.8 Å². The van der Waals surface area contributed by atoms with E-state index in [1.54, 1.807) is 23.1 Å². The first-order chi connectivity index (χ1) is 16.7. The van der Waals surface area contributed by atoms with Gasteiger partial charge in [0, 0.05) is 31.6 Å². The Bertz CT molecular complexity index is 856. The van der Waals surface area contributed by atoms with Crippen LogP contribution in [-0.2, 0) is 0 Å². The Kier molecular flexibility index (Phi) is 9.80. The lowest BCUT2D eigenvalue weighted by Crippen LogP contribution is -2.50. The summed E-state index contributed by atoms with van der Waals surface area (Å²) in [6, 6.07) is 4.57. The lowest BCUT2D eigenvalue weighted by molar-refractivity contribution is 0.0333. The van der Waals surface area contributed by atoms with Gasteiger partial charge in [0.1, 0.15) is 6.10 Å². The zero-order chi connectivity index (χ0) is 25.5. The molecule has 0 aromatic heterocycles. The van der Waals surface area contributed by atoms with Gasteiger partial charge < -0.3 is 30.3 Å². The van der Waals surface area contributed by atoms with E-state index in [9.17, 15) is 14.7 Å². The Morgan fingerprint density at radius 2 is 1.91 bits per heavy atom. The maximum Gasteiger partial charge on any atom is 0.319 e. The topological polar surface area (TPSA) is 94.1 Å². The van der Waals surface area contributed by atoms with Gasteiger partial charge in [-0.05, 0) is 58.7 Å². The Morgan fingerprint density at radius 1 is 1.20 bits per heavy atom. The van der Waals surface area contributed by atoms with E-state index >= 15 is 0 Å². The SMILES string of the molecule is CC(C)NC(=O)Nc1cccc2c1O[C@H](CN(C)CC1CCCCC1)[C@H](C)CN([C@@H](C)CO)C2=O. The van der Waals surface area contributed by atoms with Crippen molar-refractivity contribution in [2.45, 2.75) is 78.0 Å². The number of urea groups is 1. The number of hydrogen-bond acceptors (Lipinski definition) is 5. The molecule has 8 nitrogen and oxygen atoms in total. The smallest absolute Gasteiger partial charge is 0.319 e. The molecule has 0 radical (unpaired) electrons. The molecule has 1 saturated carbocycles. The molecule has 2 aliphatic rings. The molecule has 0 spiro atoms. The first kappa shape index (κ1) is 27.3. The highest BCUT2D eigenvalue weighted by Gasteiger charge is 2.35. The molecule has 8 heteroatoms. The summed E-state index contributed by atoms with van der Waals surface area (Å²) in [6.45, 7) is 9.87. The van der Waals surface area contributed by atoms with Crippen LogP contribution in [0.3, 0.4) is 0 Å². The summed E-state index contributed by atoms with van der Waals surface area (Å²) < 4.78 is 6.58. The van der Waals surface area contributed by atoms with Crippen LogP contribution in [0.5, 0.6) is 5.75 Å². The standard InChI is InChI=1S/C27H44N4O4/c1-18(2)28-27(34)29-23-13-9-12-22-25(23)35-24(16-30(5)15-21-10-7-6-8-11-21)19(3)14-31(26(22)33)20(4)17-32/h9,12-13,18-21,24,32H,6-8,10-11,14-17H2,1-5H3,(H2,28,29,34)/t19-,20+,24-/m1/s1. The fraction of sp³-hybridized carbons (Fsp3) is 0.704. The molecule has 1 heterocycles. The summed E-state index contributed by atoms with van der Waals surface area (Å²) in [4.78, 5) is 30.1. The maximum atomic E-state index is 13.5. The normalized spacial score (nSPS) is 22.3. The molecule has 35 heavy (non-hydrogen) atoms. The average molecular weight is 489 g/mol. The summed E-state index contributed by atoms with van der Waals surface area (Å²) in [6.07, 6.45) is 6.34. The maximum absolute atomic E-state index is 13.5.